The molecule has 3 rings (SSSR count). The van der Waals surface area contributed by atoms with Gasteiger partial charge in [-0.25, -0.2) is 14.4 Å². The molecule has 3 nitrogen and oxygen atoms in total. The van der Waals surface area contributed by atoms with Crippen molar-refractivity contribution in [2.45, 2.75) is 6.61 Å². The number of ether oxygens (including phenoxy) is 1. The Hall–Kier alpha value is -3.01. The zero-order valence-corrected chi connectivity index (χ0v) is 12.4. The van der Waals surface area contributed by atoms with Gasteiger partial charge in [0.2, 0.25) is 0 Å². The summed E-state index contributed by atoms with van der Waals surface area (Å²) in [4.78, 5) is 8.43. The largest absolute Gasteiger partial charge is 0.489 e. The second kappa shape index (κ2) is 7.31. The Balaban J connectivity index is 1.58. The van der Waals surface area contributed by atoms with Crippen molar-refractivity contribution < 1.29 is 9.13 Å². The molecule has 0 amide bonds. The number of hydrogen-bond donors (Lipinski definition) is 0. The first-order valence-corrected chi connectivity index (χ1v) is 7.22. The van der Waals surface area contributed by atoms with Gasteiger partial charge in [0.05, 0.1) is 0 Å². The number of hydrogen-bond acceptors (Lipinski definition) is 3. The smallest absolute Gasteiger partial charge is 0.151 e. The van der Waals surface area contributed by atoms with Crippen LogP contribution in [0.4, 0.5) is 10.2 Å². The molecule has 0 aliphatic rings. The molecule has 2 aromatic carbocycles. The third-order valence-corrected chi connectivity index (χ3v) is 3.19. The maximum atomic E-state index is 12.8. The quantitative estimate of drug-likeness (QED) is 0.648. The minimum atomic E-state index is -0.245. The van der Waals surface area contributed by atoms with Crippen molar-refractivity contribution in [3.63, 3.8) is 0 Å². The molecule has 0 unspecified atom stereocenters. The Morgan fingerprint density at radius 2 is 1.74 bits per heavy atom. The summed E-state index contributed by atoms with van der Waals surface area (Å²) in [6.07, 6.45) is 3.46. The van der Waals surface area contributed by atoms with E-state index in [4.69, 9.17) is 4.74 Å². The van der Waals surface area contributed by atoms with Crippen LogP contribution in [0.5, 0.6) is 5.75 Å². The Labute approximate surface area is 134 Å². The van der Waals surface area contributed by atoms with Gasteiger partial charge in [0, 0.05) is 12.4 Å². The van der Waals surface area contributed by atoms with E-state index in [9.17, 15) is 4.39 Å². The lowest BCUT2D eigenvalue weighted by atomic mass is 10.2. The summed E-state index contributed by atoms with van der Waals surface area (Å²) in [6.45, 7) is 0.404. The van der Waals surface area contributed by atoms with E-state index in [1.54, 1.807) is 24.5 Å². The summed E-state index contributed by atoms with van der Waals surface area (Å²) < 4.78 is 18.5. The Morgan fingerprint density at radius 1 is 0.957 bits per heavy atom. The normalized spacial score (nSPS) is 10.8. The number of nitrogens with zero attached hydrogens (tertiary/aromatic N) is 2. The van der Waals surface area contributed by atoms with Crippen molar-refractivity contribution in [3.05, 3.63) is 89.9 Å². The van der Waals surface area contributed by atoms with Crippen LogP contribution in [-0.4, -0.2) is 11.2 Å². The number of benzene rings is 2. The monoisotopic (exact) mass is 306 g/mol. The maximum Gasteiger partial charge on any atom is 0.151 e. The molecule has 4 heteroatoms. The summed E-state index contributed by atoms with van der Waals surface area (Å²) in [7, 11) is 0. The van der Waals surface area contributed by atoms with Crippen LogP contribution in [0.15, 0.2) is 77.9 Å². The van der Waals surface area contributed by atoms with Crippen molar-refractivity contribution >= 4 is 12.0 Å². The molecule has 0 bridgehead atoms. The summed E-state index contributed by atoms with van der Waals surface area (Å²) in [5.41, 5.74) is 1.89. The molecule has 23 heavy (non-hydrogen) atoms. The van der Waals surface area contributed by atoms with Crippen molar-refractivity contribution in [2.75, 3.05) is 0 Å². The van der Waals surface area contributed by atoms with Crippen LogP contribution < -0.4 is 4.74 Å². The average molecular weight is 306 g/mol. The lowest BCUT2D eigenvalue weighted by molar-refractivity contribution is 0.306. The van der Waals surface area contributed by atoms with Gasteiger partial charge >= 0.3 is 0 Å². The average Bonchev–Trinajstić information content (AvgIpc) is 2.61. The molecule has 0 radical (unpaired) electrons. The second-order valence-electron chi connectivity index (χ2n) is 4.93. The SMILES string of the molecule is Fc1ccc(COc2ccc(/C=N/c3ccccn3)cc2)cc1. The standard InChI is InChI=1S/C19H15FN2O/c20-17-8-4-16(5-9-17)14-23-18-10-6-15(7-11-18)13-22-19-3-1-2-12-21-19/h1-13H,14H2/b22-13+. The fourth-order valence-corrected chi connectivity index (χ4v) is 1.97. The van der Waals surface area contributed by atoms with Gasteiger partial charge < -0.3 is 4.74 Å². The molecular formula is C19H15FN2O. The molecule has 0 saturated heterocycles. The minimum absolute atomic E-state index is 0.245. The number of aromatic nitrogens is 1. The van der Waals surface area contributed by atoms with Crippen molar-refractivity contribution in [1.29, 1.82) is 0 Å². The van der Waals surface area contributed by atoms with Gasteiger partial charge in [-0.05, 0) is 59.7 Å². The highest BCUT2D eigenvalue weighted by molar-refractivity contribution is 5.81. The van der Waals surface area contributed by atoms with E-state index in [-0.39, 0.29) is 5.82 Å². The molecule has 3 aromatic rings. The molecule has 114 valence electrons. The molecule has 0 saturated carbocycles. The number of halogens is 1. The lowest BCUT2D eigenvalue weighted by Crippen LogP contribution is -1.95. The molecule has 0 fully saturated rings. The third kappa shape index (κ3) is 4.48. The zero-order chi connectivity index (χ0) is 15.9. The molecule has 1 heterocycles. The van der Waals surface area contributed by atoms with Crippen LogP contribution >= 0.6 is 0 Å². The molecule has 0 N–H and O–H groups in total. The third-order valence-electron chi connectivity index (χ3n) is 3.19. The molecular weight excluding hydrogens is 291 g/mol. The fraction of sp³-hybridized carbons (Fsp3) is 0.0526. The van der Waals surface area contributed by atoms with E-state index in [2.05, 4.69) is 9.98 Å². The first-order valence-electron chi connectivity index (χ1n) is 7.22. The predicted molar refractivity (Wildman–Crippen MR) is 88.7 cm³/mol. The van der Waals surface area contributed by atoms with Gasteiger partial charge in [0.1, 0.15) is 18.2 Å². The van der Waals surface area contributed by atoms with E-state index in [0.29, 0.717) is 12.4 Å². The Kier molecular flexibility index (Phi) is 4.74. The van der Waals surface area contributed by atoms with E-state index in [1.165, 1.54) is 12.1 Å². The van der Waals surface area contributed by atoms with E-state index >= 15 is 0 Å². The van der Waals surface area contributed by atoms with Crippen LogP contribution in [0, 0.1) is 5.82 Å². The Morgan fingerprint density at radius 3 is 2.43 bits per heavy atom. The highest BCUT2D eigenvalue weighted by Crippen LogP contribution is 2.14. The highest BCUT2D eigenvalue weighted by Gasteiger charge is 1.97. The Bertz CT molecular complexity index is 769. The second-order valence-corrected chi connectivity index (χ2v) is 4.93. The van der Waals surface area contributed by atoms with Gasteiger partial charge in [-0.2, -0.15) is 0 Å². The van der Waals surface area contributed by atoms with Crippen LogP contribution in [-0.2, 0) is 6.61 Å². The fourth-order valence-electron chi connectivity index (χ4n) is 1.97. The van der Waals surface area contributed by atoms with Crippen LogP contribution in [0.2, 0.25) is 0 Å². The first-order chi connectivity index (χ1) is 11.3. The molecule has 0 aliphatic heterocycles. The number of rotatable bonds is 5. The minimum Gasteiger partial charge on any atom is -0.489 e. The topological polar surface area (TPSA) is 34.5 Å². The highest BCUT2D eigenvalue weighted by atomic mass is 19.1. The van der Waals surface area contributed by atoms with Crippen LogP contribution in [0.1, 0.15) is 11.1 Å². The molecule has 1 aromatic heterocycles. The lowest BCUT2D eigenvalue weighted by Gasteiger charge is -2.06. The summed E-state index contributed by atoms with van der Waals surface area (Å²) >= 11 is 0. The van der Waals surface area contributed by atoms with Crippen molar-refractivity contribution in [1.82, 2.24) is 4.98 Å². The van der Waals surface area contributed by atoms with Crippen LogP contribution in [0.3, 0.4) is 0 Å². The summed E-state index contributed by atoms with van der Waals surface area (Å²) in [5.74, 6) is 1.18. The van der Waals surface area contributed by atoms with Gasteiger partial charge in [0.15, 0.2) is 5.82 Å². The van der Waals surface area contributed by atoms with Gasteiger partial charge in [-0.1, -0.05) is 18.2 Å². The van der Waals surface area contributed by atoms with Gasteiger partial charge in [-0.3, -0.25) is 0 Å². The summed E-state index contributed by atoms with van der Waals surface area (Å²) in [6, 6.07) is 19.5. The zero-order valence-electron chi connectivity index (χ0n) is 12.4. The number of aliphatic imine (C=N–C) groups is 1. The van der Waals surface area contributed by atoms with Crippen molar-refractivity contribution in [2.24, 2.45) is 4.99 Å². The van der Waals surface area contributed by atoms with Crippen molar-refractivity contribution in [3.8, 4) is 5.75 Å². The molecule has 0 atom stereocenters. The van der Waals surface area contributed by atoms with E-state index < -0.39 is 0 Å². The van der Waals surface area contributed by atoms with E-state index in [1.807, 2.05) is 42.5 Å². The van der Waals surface area contributed by atoms with Crippen LogP contribution in [0.25, 0.3) is 0 Å². The molecule has 0 aliphatic carbocycles. The predicted octanol–water partition coefficient (Wildman–Crippen LogP) is 4.55. The maximum absolute atomic E-state index is 12.8. The number of pyridine rings is 1. The molecule has 0 spiro atoms. The summed E-state index contributed by atoms with van der Waals surface area (Å²) in [5, 5.41) is 0. The van der Waals surface area contributed by atoms with Gasteiger partial charge in [-0.15, -0.1) is 0 Å². The van der Waals surface area contributed by atoms with E-state index in [0.717, 1.165) is 16.9 Å². The first kappa shape index (κ1) is 14.9. The van der Waals surface area contributed by atoms with Gasteiger partial charge in [0.25, 0.3) is 0 Å².